The molecule has 1 aromatic heterocycles. The number of hydrogen-bond acceptors (Lipinski definition) is 6. The molecule has 0 unspecified atom stereocenters. The van der Waals surface area contributed by atoms with Gasteiger partial charge in [-0.3, -0.25) is 9.59 Å². The molecule has 7 nitrogen and oxygen atoms in total. The number of nitrogens with zero attached hydrogens (tertiary/aromatic N) is 1. The van der Waals surface area contributed by atoms with Crippen LogP contribution in [-0.4, -0.2) is 45.2 Å². The summed E-state index contributed by atoms with van der Waals surface area (Å²) in [6, 6.07) is 6.80. The number of methoxy groups -OCH3 is 3. The van der Waals surface area contributed by atoms with Gasteiger partial charge in [0.25, 0.3) is 5.91 Å². The Morgan fingerprint density at radius 2 is 1.88 bits per heavy atom. The van der Waals surface area contributed by atoms with Crippen molar-refractivity contribution in [3.05, 3.63) is 52.1 Å². The van der Waals surface area contributed by atoms with Gasteiger partial charge in [0.2, 0.25) is 11.2 Å². The fourth-order valence-electron chi connectivity index (χ4n) is 3.17. The molecule has 1 aliphatic heterocycles. The highest BCUT2D eigenvalue weighted by Gasteiger charge is 2.31. The van der Waals surface area contributed by atoms with Crippen molar-refractivity contribution in [2.75, 3.05) is 34.4 Å². The van der Waals surface area contributed by atoms with Gasteiger partial charge in [0, 0.05) is 30.6 Å². The Morgan fingerprint density at radius 3 is 2.54 bits per heavy atom. The SMILES string of the molecule is COc1ccc(OC)c([C@H]2CCN(C(=O)c3cc(=O)c(OC)co3)C2)c1. The summed E-state index contributed by atoms with van der Waals surface area (Å²) in [6.45, 7) is 1.08. The minimum Gasteiger partial charge on any atom is -0.497 e. The maximum absolute atomic E-state index is 12.6. The van der Waals surface area contributed by atoms with Crippen LogP contribution >= 0.6 is 0 Å². The molecule has 7 heteroatoms. The van der Waals surface area contributed by atoms with Crippen LogP contribution in [0.4, 0.5) is 0 Å². The smallest absolute Gasteiger partial charge is 0.289 e. The van der Waals surface area contributed by atoms with E-state index in [1.165, 1.54) is 13.2 Å². The van der Waals surface area contributed by atoms with E-state index in [9.17, 15) is 9.59 Å². The minimum absolute atomic E-state index is 0.00839. The summed E-state index contributed by atoms with van der Waals surface area (Å²) in [5.41, 5.74) is 0.616. The van der Waals surface area contributed by atoms with Gasteiger partial charge in [0.1, 0.15) is 17.8 Å². The third-order valence-electron chi connectivity index (χ3n) is 4.58. The van der Waals surface area contributed by atoms with Gasteiger partial charge in [-0.05, 0) is 24.6 Å². The van der Waals surface area contributed by atoms with Crippen LogP contribution in [-0.2, 0) is 0 Å². The number of benzene rings is 1. The first kappa shape index (κ1) is 17.8. The zero-order chi connectivity index (χ0) is 18.7. The average molecular weight is 359 g/mol. The quantitative estimate of drug-likeness (QED) is 0.815. The Bertz CT molecular complexity index is 859. The van der Waals surface area contributed by atoms with Crippen LogP contribution in [0, 0.1) is 0 Å². The second-order valence-corrected chi connectivity index (χ2v) is 6.02. The molecule has 0 bridgehead atoms. The fraction of sp³-hybridized carbons (Fsp3) is 0.368. The van der Waals surface area contributed by atoms with Crippen LogP contribution in [0.3, 0.4) is 0 Å². The average Bonchev–Trinajstić information content (AvgIpc) is 3.16. The maximum Gasteiger partial charge on any atom is 0.289 e. The normalized spacial score (nSPS) is 16.4. The number of hydrogen-bond donors (Lipinski definition) is 0. The maximum atomic E-state index is 12.6. The minimum atomic E-state index is -0.382. The number of likely N-dealkylation sites (tertiary alicyclic amines) is 1. The molecular formula is C19H21NO6. The van der Waals surface area contributed by atoms with E-state index in [4.69, 9.17) is 18.6 Å². The first-order chi connectivity index (χ1) is 12.6. The molecule has 1 saturated heterocycles. The molecule has 1 fully saturated rings. The van der Waals surface area contributed by atoms with Crippen molar-refractivity contribution >= 4 is 5.91 Å². The topological polar surface area (TPSA) is 78.2 Å². The summed E-state index contributed by atoms with van der Waals surface area (Å²) in [7, 11) is 4.61. The van der Waals surface area contributed by atoms with Crippen molar-refractivity contribution in [2.45, 2.75) is 12.3 Å². The Morgan fingerprint density at radius 1 is 1.12 bits per heavy atom. The number of ether oxygens (including phenoxy) is 3. The van der Waals surface area contributed by atoms with Gasteiger partial charge in [-0.1, -0.05) is 0 Å². The molecule has 1 amide bonds. The molecule has 0 spiro atoms. The molecule has 1 aromatic carbocycles. The molecule has 0 aliphatic carbocycles. The molecule has 26 heavy (non-hydrogen) atoms. The van der Waals surface area contributed by atoms with Gasteiger partial charge in [-0.2, -0.15) is 0 Å². The van der Waals surface area contributed by atoms with E-state index >= 15 is 0 Å². The van der Waals surface area contributed by atoms with Gasteiger partial charge < -0.3 is 23.5 Å². The summed E-state index contributed by atoms with van der Waals surface area (Å²) >= 11 is 0. The van der Waals surface area contributed by atoms with Gasteiger partial charge in [-0.15, -0.1) is 0 Å². The van der Waals surface area contributed by atoms with Crippen molar-refractivity contribution < 1.29 is 23.4 Å². The van der Waals surface area contributed by atoms with Gasteiger partial charge >= 0.3 is 0 Å². The first-order valence-electron chi connectivity index (χ1n) is 8.25. The Hall–Kier alpha value is -2.96. The van der Waals surface area contributed by atoms with E-state index in [-0.39, 0.29) is 28.8 Å². The number of carbonyl (C=O) groups is 1. The predicted molar refractivity (Wildman–Crippen MR) is 94.3 cm³/mol. The van der Waals surface area contributed by atoms with Crippen molar-refractivity contribution in [1.82, 2.24) is 4.90 Å². The van der Waals surface area contributed by atoms with E-state index in [2.05, 4.69) is 0 Å². The molecule has 0 N–H and O–H groups in total. The number of carbonyl (C=O) groups excluding carboxylic acids is 1. The molecular weight excluding hydrogens is 338 g/mol. The summed E-state index contributed by atoms with van der Waals surface area (Å²) in [4.78, 5) is 26.2. The second kappa shape index (κ2) is 7.51. The highest BCUT2D eigenvalue weighted by molar-refractivity contribution is 5.91. The second-order valence-electron chi connectivity index (χ2n) is 6.02. The van der Waals surface area contributed by atoms with Crippen molar-refractivity contribution in [3.63, 3.8) is 0 Å². The lowest BCUT2D eigenvalue weighted by atomic mass is 9.97. The predicted octanol–water partition coefficient (Wildman–Crippen LogP) is 2.30. The lowest BCUT2D eigenvalue weighted by molar-refractivity contribution is 0.0755. The van der Waals surface area contributed by atoms with Crippen molar-refractivity contribution in [1.29, 1.82) is 0 Å². The van der Waals surface area contributed by atoms with E-state index in [1.807, 2.05) is 18.2 Å². The van der Waals surface area contributed by atoms with Crippen LogP contribution in [0.25, 0.3) is 0 Å². The molecule has 0 radical (unpaired) electrons. The van der Waals surface area contributed by atoms with Crippen LogP contribution < -0.4 is 19.6 Å². The molecule has 0 saturated carbocycles. The summed E-state index contributed by atoms with van der Waals surface area (Å²) in [5, 5.41) is 0. The number of rotatable bonds is 5. The van der Waals surface area contributed by atoms with E-state index in [1.54, 1.807) is 19.1 Å². The summed E-state index contributed by atoms with van der Waals surface area (Å²) in [6.07, 6.45) is 1.95. The molecule has 1 atom stereocenters. The summed E-state index contributed by atoms with van der Waals surface area (Å²) < 4.78 is 20.9. The number of amides is 1. The molecule has 138 valence electrons. The lowest BCUT2D eigenvalue weighted by Crippen LogP contribution is -2.29. The van der Waals surface area contributed by atoms with Crippen molar-refractivity contribution in [3.8, 4) is 17.2 Å². The monoisotopic (exact) mass is 359 g/mol. The Labute approximate surface area is 151 Å². The molecule has 2 heterocycles. The standard InChI is InChI=1S/C19H21NO6/c1-23-13-4-5-16(24-2)14(8-13)12-6-7-20(10-12)19(22)17-9-15(21)18(25-3)11-26-17/h4-5,8-9,11-12H,6-7,10H2,1-3H3/t12-/m0/s1. The Kier molecular flexibility index (Phi) is 5.16. The molecule has 1 aliphatic rings. The fourth-order valence-corrected chi connectivity index (χ4v) is 3.17. The van der Waals surface area contributed by atoms with Gasteiger partial charge in [0.05, 0.1) is 21.3 Å². The van der Waals surface area contributed by atoms with Crippen LogP contribution in [0.1, 0.15) is 28.5 Å². The van der Waals surface area contributed by atoms with E-state index in [0.717, 1.165) is 29.7 Å². The third-order valence-corrected chi connectivity index (χ3v) is 4.58. The largest absolute Gasteiger partial charge is 0.497 e. The zero-order valence-corrected chi connectivity index (χ0v) is 15.0. The third kappa shape index (κ3) is 3.37. The van der Waals surface area contributed by atoms with Crippen molar-refractivity contribution in [2.24, 2.45) is 0 Å². The highest BCUT2D eigenvalue weighted by Crippen LogP contribution is 2.36. The Balaban J connectivity index is 1.79. The van der Waals surface area contributed by atoms with Gasteiger partial charge in [-0.25, -0.2) is 0 Å². The van der Waals surface area contributed by atoms with Crippen LogP contribution in [0.2, 0.25) is 0 Å². The first-order valence-corrected chi connectivity index (χ1v) is 8.25. The van der Waals surface area contributed by atoms with Gasteiger partial charge in [0.15, 0.2) is 5.76 Å². The highest BCUT2D eigenvalue weighted by atomic mass is 16.5. The van der Waals surface area contributed by atoms with E-state index < -0.39 is 0 Å². The zero-order valence-electron chi connectivity index (χ0n) is 15.0. The van der Waals surface area contributed by atoms with Crippen LogP contribution in [0.5, 0.6) is 17.2 Å². The summed E-state index contributed by atoms with van der Waals surface area (Å²) in [5.74, 6) is 1.40. The molecule has 3 rings (SSSR count). The molecule has 2 aromatic rings. The van der Waals surface area contributed by atoms with E-state index in [0.29, 0.717) is 13.1 Å². The van der Waals surface area contributed by atoms with Crippen LogP contribution in [0.15, 0.2) is 39.7 Å². The lowest BCUT2D eigenvalue weighted by Gasteiger charge is -2.18.